The van der Waals surface area contributed by atoms with E-state index < -0.39 is 0 Å². The van der Waals surface area contributed by atoms with Crippen molar-refractivity contribution < 1.29 is 9.90 Å². The number of hydrogen-bond acceptors (Lipinski definition) is 3. The standard InChI is InChI=1S/C18H26N2O2/c21-14-16-5-3-15(4-6-16)13-19-11-7-17(8-12-19)18(22)20-9-1-2-10-20/h3-6,17,21H,1-2,7-14H2. The molecule has 1 aromatic rings. The van der Waals surface area contributed by atoms with Gasteiger partial charge < -0.3 is 10.0 Å². The molecule has 0 bridgehead atoms. The minimum atomic E-state index is 0.101. The second-order valence-corrected chi connectivity index (χ2v) is 6.56. The Morgan fingerprint density at radius 2 is 1.59 bits per heavy atom. The maximum Gasteiger partial charge on any atom is 0.225 e. The highest BCUT2D eigenvalue weighted by Gasteiger charge is 2.29. The molecule has 0 saturated carbocycles. The van der Waals surface area contributed by atoms with Crippen molar-refractivity contribution in [3.05, 3.63) is 35.4 Å². The first-order valence-corrected chi connectivity index (χ1v) is 8.46. The Morgan fingerprint density at radius 3 is 2.18 bits per heavy atom. The highest BCUT2D eigenvalue weighted by molar-refractivity contribution is 5.79. The molecule has 120 valence electrons. The van der Waals surface area contributed by atoms with Crippen LogP contribution in [-0.4, -0.2) is 47.0 Å². The minimum Gasteiger partial charge on any atom is -0.392 e. The fraction of sp³-hybridized carbons (Fsp3) is 0.611. The molecule has 2 aliphatic heterocycles. The maximum absolute atomic E-state index is 12.4. The summed E-state index contributed by atoms with van der Waals surface area (Å²) in [5.41, 5.74) is 2.24. The topological polar surface area (TPSA) is 43.8 Å². The Bertz CT molecular complexity index is 486. The predicted octanol–water partition coefficient (Wildman–Crippen LogP) is 2.01. The molecule has 0 aliphatic carbocycles. The van der Waals surface area contributed by atoms with Crippen LogP contribution in [0.3, 0.4) is 0 Å². The highest BCUT2D eigenvalue weighted by Crippen LogP contribution is 2.23. The van der Waals surface area contributed by atoms with Crippen LogP contribution in [0, 0.1) is 5.92 Å². The number of carbonyl (C=O) groups is 1. The molecule has 2 heterocycles. The minimum absolute atomic E-state index is 0.101. The van der Waals surface area contributed by atoms with Gasteiger partial charge in [0.1, 0.15) is 0 Å². The Labute approximate surface area is 132 Å². The predicted molar refractivity (Wildman–Crippen MR) is 86.2 cm³/mol. The van der Waals surface area contributed by atoms with Gasteiger partial charge in [-0.3, -0.25) is 9.69 Å². The molecule has 0 atom stereocenters. The third-order valence-electron chi connectivity index (χ3n) is 4.97. The molecule has 0 radical (unpaired) electrons. The number of likely N-dealkylation sites (tertiary alicyclic amines) is 2. The summed E-state index contributed by atoms with van der Waals surface area (Å²) >= 11 is 0. The summed E-state index contributed by atoms with van der Waals surface area (Å²) in [6, 6.07) is 8.15. The molecule has 3 rings (SSSR count). The van der Waals surface area contributed by atoms with Crippen LogP contribution in [0.4, 0.5) is 0 Å². The van der Waals surface area contributed by atoms with Crippen LogP contribution >= 0.6 is 0 Å². The summed E-state index contributed by atoms with van der Waals surface area (Å²) in [7, 11) is 0. The Hall–Kier alpha value is -1.39. The second kappa shape index (κ2) is 7.25. The molecule has 2 fully saturated rings. The van der Waals surface area contributed by atoms with Gasteiger partial charge in [-0.25, -0.2) is 0 Å². The van der Waals surface area contributed by atoms with Gasteiger partial charge in [-0.2, -0.15) is 0 Å². The Kier molecular flexibility index (Phi) is 5.11. The highest BCUT2D eigenvalue weighted by atomic mass is 16.3. The van der Waals surface area contributed by atoms with Crippen molar-refractivity contribution in [1.29, 1.82) is 0 Å². The summed E-state index contributed by atoms with van der Waals surface area (Å²) in [6.45, 7) is 4.99. The van der Waals surface area contributed by atoms with Gasteiger partial charge in [0, 0.05) is 25.6 Å². The van der Waals surface area contributed by atoms with Gasteiger partial charge in [0.2, 0.25) is 5.91 Å². The molecule has 1 amide bonds. The summed E-state index contributed by atoms with van der Waals surface area (Å²) < 4.78 is 0. The molecular weight excluding hydrogens is 276 g/mol. The number of benzene rings is 1. The monoisotopic (exact) mass is 302 g/mol. The lowest BCUT2D eigenvalue weighted by molar-refractivity contribution is -0.136. The van der Waals surface area contributed by atoms with Crippen molar-refractivity contribution in [3.8, 4) is 0 Å². The van der Waals surface area contributed by atoms with Crippen molar-refractivity contribution in [2.45, 2.75) is 38.8 Å². The van der Waals surface area contributed by atoms with E-state index in [-0.39, 0.29) is 12.5 Å². The lowest BCUT2D eigenvalue weighted by Gasteiger charge is -2.33. The summed E-state index contributed by atoms with van der Waals surface area (Å²) in [6.07, 6.45) is 4.33. The first kappa shape index (κ1) is 15.5. The summed E-state index contributed by atoms with van der Waals surface area (Å²) in [4.78, 5) is 16.9. The van der Waals surface area contributed by atoms with Crippen LogP contribution < -0.4 is 0 Å². The number of amides is 1. The number of carbonyl (C=O) groups excluding carboxylic acids is 1. The molecule has 0 unspecified atom stereocenters. The number of rotatable bonds is 4. The molecule has 2 saturated heterocycles. The van der Waals surface area contributed by atoms with E-state index >= 15 is 0 Å². The van der Waals surface area contributed by atoms with E-state index in [1.165, 1.54) is 18.4 Å². The van der Waals surface area contributed by atoms with Gasteiger partial charge in [0.25, 0.3) is 0 Å². The lowest BCUT2D eigenvalue weighted by atomic mass is 9.95. The number of aliphatic hydroxyl groups is 1. The fourth-order valence-electron chi connectivity index (χ4n) is 3.54. The van der Waals surface area contributed by atoms with Crippen molar-refractivity contribution in [3.63, 3.8) is 0 Å². The lowest BCUT2D eigenvalue weighted by Crippen LogP contribution is -2.41. The number of piperidine rings is 1. The van der Waals surface area contributed by atoms with Crippen LogP contribution in [0.2, 0.25) is 0 Å². The first-order valence-electron chi connectivity index (χ1n) is 8.46. The fourth-order valence-corrected chi connectivity index (χ4v) is 3.54. The smallest absolute Gasteiger partial charge is 0.225 e. The van der Waals surface area contributed by atoms with Crippen molar-refractivity contribution >= 4 is 5.91 Å². The maximum atomic E-state index is 12.4. The molecular formula is C18H26N2O2. The van der Waals surface area contributed by atoms with Crippen molar-refractivity contribution in [2.24, 2.45) is 5.92 Å². The van der Waals surface area contributed by atoms with Gasteiger partial charge in [0.15, 0.2) is 0 Å². The normalized spacial score (nSPS) is 20.5. The zero-order valence-electron chi connectivity index (χ0n) is 13.2. The van der Waals surface area contributed by atoms with Crippen molar-refractivity contribution in [1.82, 2.24) is 9.80 Å². The SMILES string of the molecule is O=C(C1CCN(Cc2ccc(CO)cc2)CC1)N1CCCC1. The van der Waals surface area contributed by atoms with Crippen molar-refractivity contribution in [2.75, 3.05) is 26.2 Å². The molecule has 4 nitrogen and oxygen atoms in total. The average Bonchev–Trinajstić information content (AvgIpc) is 3.10. The average molecular weight is 302 g/mol. The van der Waals surface area contributed by atoms with Gasteiger partial charge >= 0.3 is 0 Å². The first-order chi connectivity index (χ1) is 10.8. The molecule has 2 aliphatic rings. The van der Waals surface area contributed by atoms with E-state index in [1.807, 2.05) is 12.1 Å². The Balaban J connectivity index is 1.47. The molecule has 0 aromatic heterocycles. The van der Waals surface area contributed by atoms with Gasteiger partial charge in [-0.05, 0) is 49.9 Å². The van der Waals surface area contributed by atoms with E-state index in [0.29, 0.717) is 5.91 Å². The third kappa shape index (κ3) is 3.68. The largest absolute Gasteiger partial charge is 0.392 e. The van der Waals surface area contributed by atoms with Gasteiger partial charge in [-0.15, -0.1) is 0 Å². The zero-order valence-corrected chi connectivity index (χ0v) is 13.2. The third-order valence-corrected chi connectivity index (χ3v) is 4.97. The number of nitrogens with zero attached hydrogens (tertiary/aromatic N) is 2. The number of aliphatic hydroxyl groups excluding tert-OH is 1. The molecule has 1 aromatic carbocycles. The van der Waals surface area contributed by atoms with E-state index in [2.05, 4.69) is 21.9 Å². The Morgan fingerprint density at radius 1 is 1.00 bits per heavy atom. The molecule has 1 N–H and O–H groups in total. The van der Waals surface area contributed by atoms with Crippen LogP contribution in [-0.2, 0) is 17.9 Å². The molecule has 22 heavy (non-hydrogen) atoms. The quantitative estimate of drug-likeness (QED) is 0.925. The summed E-state index contributed by atoms with van der Waals surface area (Å²) in [5, 5.41) is 9.07. The molecule has 0 spiro atoms. The van der Waals surface area contributed by atoms with Crippen LogP contribution in [0.25, 0.3) is 0 Å². The van der Waals surface area contributed by atoms with E-state index in [4.69, 9.17) is 5.11 Å². The molecule has 4 heteroatoms. The number of hydrogen-bond donors (Lipinski definition) is 1. The van der Waals surface area contributed by atoms with E-state index in [1.54, 1.807) is 0 Å². The van der Waals surface area contributed by atoms with Gasteiger partial charge in [-0.1, -0.05) is 24.3 Å². The second-order valence-electron chi connectivity index (χ2n) is 6.56. The van der Waals surface area contributed by atoms with Gasteiger partial charge in [0.05, 0.1) is 6.61 Å². The van der Waals surface area contributed by atoms with E-state index in [0.717, 1.165) is 51.1 Å². The van der Waals surface area contributed by atoms with Crippen LogP contribution in [0.15, 0.2) is 24.3 Å². The van der Waals surface area contributed by atoms with Crippen LogP contribution in [0.5, 0.6) is 0 Å². The van der Waals surface area contributed by atoms with E-state index in [9.17, 15) is 4.79 Å². The van der Waals surface area contributed by atoms with Crippen LogP contribution in [0.1, 0.15) is 36.8 Å². The summed E-state index contributed by atoms with van der Waals surface area (Å²) in [5.74, 6) is 0.635. The zero-order chi connectivity index (χ0) is 15.4.